The molecule has 0 fully saturated rings. The van der Waals surface area contributed by atoms with Crippen molar-refractivity contribution >= 4 is 11.6 Å². The Hall–Kier alpha value is -1.98. The Balaban J connectivity index is 2.60. The number of amides is 1. The zero-order chi connectivity index (χ0) is 12.8. The first kappa shape index (κ1) is 11.5. The second-order valence-electron chi connectivity index (χ2n) is 4.35. The molecule has 0 bridgehead atoms. The number of carbonyl (C=O) groups excluding carboxylic acids is 1. The molecule has 0 spiro atoms. The molecule has 6 heteroatoms. The molecule has 0 aliphatic carbocycles. The van der Waals surface area contributed by atoms with Crippen molar-refractivity contribution in [2.24, 2.45) is 0 Å². The van der Waals surface area contributed by atoms with Crippen molar-refractivity contribution in [1.29, 1.82) is 0 Å². The minimum absolute atomic E-state index is 0.377. The number of nitrogens with zero attached hydrogens (tertiary/aromatic N) is 2. The zero-order valence-corrected chi connectivity index (χ0v) is 9.44. The topological polar surface area (TPSA) is 63.5 Å². The molecule has 0 aromatic heterocycles. The second-order valence-corrected chi connectivity index (χ2v) is 4.35. The highest BCUT2D eigenvalue weighted by Crippen LogP contribution is 2.41. The van der Waals surface area contributed by atoms with Gasteiger partial charge < -0.3 is 4.90 Å². The minimum atomic E-state index is -1.28. The van der Waals surface area contributed by atoms with E-state index in [0.717, 1.165) is 0 Å². The number of rotatable bonds is 2. The maximum Gasteiger partial charge on any atom is 0.243 e. The van der Waals surface area contributed by atoms with Crippen molar-refractivity contribution in [3.63, 3.8) is 0 Å². The van der Waals surface area contributed by atoms with Crippen LogP contribution in [0.25, 0.3) is 0 Å². The summed E-state index contributed by atoms with van der Waals surface area (Å²) in [7, 11) is 1.53. The summed E-state index contributed by atoms with van der Waals surface area (Å²) in [5.41, 5.74) is -0.377. The quantitative estimate of drug-likeness (QED) is 0.577. The molecule has 0 saturated heterocycles. The predicted molar refractivity (Wildman–Crippen MR) is 59.0 cm³/mol. The van der Waals surface area contributed by atoms with E-state index in [1.165, 1.54) is 37.1 Å². The Labute approximate surface area is 97.0 Å². The van der Waals surface area contributed by atoms with E-state index in [2.05, 4.69) is 0 Å². The van der Waals surface area contributed by atoms with E-state index >= 15 is 0 Å². The summed E-state index contributed by atoms with van der Waals surface area (Å²) >= 11 is 0. The van der Waals surface area contributed by atoms with Crippen LogP contribution in [-0.4, -0.2) is 24.4 Å². The van der Waals surface area contributed by atoms with Gasteiger partial charge in [-0.3, -0.25) is 14.9 Å². The van der Waals surface area contributed by atoms with Gasteiger partial charge in [-0.1, -0.05) is 0 Å². The fourth-order valence-corrected chi connectivity index (χ4v) is 2.25. The van der Waals surface area contributed by atoms with Crippen LogP contribution in [0.5, 0.6) is 0 Å². The summed E-state index contributed by atoms with van der Waals surface area (Å²) in [4.78, 5) is 23.5. The second kappa shape index (κ2) is 3.51. The lowest BCUT2D eigenvalue weighted by Crippen LogP contribution is -2.41. The molecule has 1 aromatic carbocycles. The van der Waals surface area contributed by atoms with Gasteiger partial charge in [0.2, 0.25) is 12.5 Å². The van der Waals surface area contributed by atoms with Crippen LogP contribution in [0.15, 0.2) is 18.2 Å². The normalized spacial score (nSPS) is 22.8. The van der Waals surface area contributed by atoms with Crippen LogP contribution in [0.2, 0.25) is 0 Å². The highest BCUT2D eigenvalue weighted by molar-refractivity contribution is 6.07. The monoisotopic (exact) mass is 238 g/mol. The maximum atomic E-state index is 13.2. The molecule has 2 rings (SSSR count). The van der Waals surface area contributed by atoms with E-state index in [1.54, 1.807) is 0 Å². The summed E-state index contributed by atoms with van der Waals surface area (Å²) in [5, 5.41) is 10.6. The van der Waals surface area contributed by atoms with Crippen molar-refractivity contribution in [1.82, 2.24) is 0 Å². The lowest BCUT2D eigenvalue weighted by Gasteiger charge is -2.17. The van der Waals surface area contributed by atoms with Crippen LogP contribution in [0.3, 0.4) is 0 Å². The van der Waals surface area contributed by atoms with E-state index in [-0.39, 0.29) is 5.91 Å². The molecule has 0 N–H and O–H groups in total. The Morgan fingerprint density at radius 2 is 2.18 bits per heavy atom. The first-order chi connectivity index (χ1) is 7.86. The number of carbonyl (C=O) groups is 1. The third-order valence-electron chi connectivity index (χ3n) is 3.14. The van der Waals surface area contributed by atoms with E-state index in [0.29, 0.717) is 11.3 Å². The molecule has 0 saturated carbocycles. The number of hydrogen-bond donors (Lipinski definition) is 0. The average molecular weight is 238 g/mol. The number of halogens is 1. The largest absolute Gasteiger partial charge is 0.314 e. The highest BCUT2D eigenvalue weighted by Gasteiger charge is 2.50. The average Bonchev–Trinajstić information content (AvgIpc) is 2.41. The minimum Gasteiger partial charge on any atom is -0.314 e. The first-order valence-electron chi connectivity index (χ1n) is 5.06. The standard InChI is InChI=1S/C11H11FN2O3/c1-11(6-14(16)17)8-5-7(12)3-4-9(8)13(2)10(11)15/h3-5H,6H2,1-2H3. The van der Waals surface area contributed by atoms with Gasteiger partial charge in [0.25, 0.3) is 0 Å². The van der Waals surface area contributed by atoms with Gasteiger partial charge in [-0.15, -0.1) is 0 Å². The van der Waals surface area contributed by atoms with Gasteiger partial charge >= 0.3 is 0 Å². The molecule has 1 heterocycles. The van der Waals surface area contributed by atoms with Crippen molar-refractivity contribution in [2.75, 3.05) is 18.5 Å². The first-order valence-corrected chi connectivity index (χ1v) is 5.06. The summed E-state index contributed by atoms with van der Waals surface area (Å²) < 4.78 is 13.2. The lowest BCUT2D eigenvalue weighted by molar-refractivity contribution is -0.487. The molecular weight excluding hydrogens is 227 g/mol. The van der Waals surface area contributed by atoms with Gasteiger partial charge in [-0.2, -0.15) is 0 Å². The van der Waals surface area contributed by atoms with Gasteiger partial charge in [0.15, 0.2) is 0 Å². The van der Waals surface area contributed by atoms with E-state index < -0.39 is 22.7 Å². The molecule has 1 aliphatic rings. The lowest BCUT2D eigenvalue weighted by atomic mass is 9.84. The van der Waals surface area contributed by atoms with Crippen LogP contribution < -0.4 is 4.90 Å². The smallest absolute Gasteiger partial charge is 0.243 e. The molecular formula is C11H11FN2O3. The number of nitro groups is 1. The van der Waals surface area contributed by atoms with Gasteiger partial charge in [-0.05, 0) is 25.1 Å². The maximum absolute atomic E-state index is 13.2. The highest BCUT2D eigenvalue weighted by atomic mass is 19.1. The van der Waals surface area contributed by atoms with Crippen molar-refractivity contribution in [3.05, 3.63) is 39.7 Å². The molecule has 1 aromatic rings. The Bertz CT molecular complexity index is 517. The van der Waals surface area contributed by atoms with Crippen LogP contribution in [0.1, 0.15) is 12.5 Å². The van der Waals surface area contributed by atoms with Gasteiger partial charge in [0.1, 0.15) is 11.2 Å². The molecule has 0 radical (unpaired) electrons. The Morgan fingerprint density at radius 1 is 1.53 bits per heavy atom. The van der Waals surface area contributed by atoms with Crippen molar-refractivity contribution < 1.29 is 14.1 Å². The number of anilines is 1. The van der Waals surface area contributed by atoms with Gasteiger partial charge in [0, 0.05) is 23.2 Å². The zero-order valence-electron chi connectivity index (χ0n) is 9.44. The molecule has 1 atom stereocenters. The third-order valence-corrected chi connectivity index (χ3v) is 3.14. The van der Waals surface area contributed by atoms with Gasteiger partial charge in [-0.25, -0.2) is 4.39 Å². The van der Waals surface area contributed by atoms with E-state index in [9.17, 15) is 19.3 Å². The fraction of sp³-hybridized carbons (Fsp3) is 0.364. The van der Waals surface area contributed by atoms with Crippen molar-refractivity contribution in [3.8, 4) is 0 Å². The fourth-order valence-electron chi connectivity index (χ4n) is 2.25. The molecule has 1 aliphatic heterocycles. The number of likely N-dealkylation sites (N-methyl/N-ethyl adjacent to an activating group) is 1. The Morgan fingerprint density at radius 3 is 2.76 bits per heavy atom. The van der Waals surface area contributed by atoms with Crippen molar-refractivity contribution in [2.45, 2.75) is 12.3 Å². The summed E-state index contributed by atoms with van der Waals surface area (Å²) in [6, 6.07) is 3.90. The van der Waals surface area contributed by atoms with Crippen LogP contribution in [0.4, 0.5) is 10.1 Å². The summed E-state index contributed by atoms with van der Waals surface area (Å²) in [5.74, 6) is -0.878. The van der Waals surface area contributed by atoms with E-state index in [4.69, 9.17) is 0 Å². The predicted octanol–water partition coefficient (Wildman–Crippen LogP) is 1.34. The number of hydrogen-bond acceptors (Lipinski definition) is 3. The molecule has 1 amide bonds. The molecule has 1 unspecified atom stereocenters. The third kappa shape index (κ3) is 1.56. The summed E-state index contributed by atoms with van der Waals surface area (Å²) in [6.45, 7) is 0.937. The SMILES string of the molecule is CN1C(=O)C(C)(C[N+](=O)[O-])c2cc(F)ccc21. The van der Waals surface area contributed by atoms with Crippen LogP contribution in [-0.2, 0) is 10.2 Å². The van der Waals surface area contributed by atoms with Crippen LogP contribution in [0, 0.1) is 15.9 Å². The number of fused-ring (bicyclic) bond motifs is 1. The number of benzene rings is 1. The Kier molecular flexibility index (Phi) is 2.38. The molecule has 5 nitrogen and oxygen atoms in total. The summed E-state index contributed by atoms with van der Waals surface area (Å²) in [6.07, 6.45) is 0. The molecule has 17 heavy (non-hydrogen) atoms. The molecule has 90 valence electrons. The van der Waals surface area contributed by atoms with Gasteiger partial charge in [0.05, 0.1) is 0 Å². The van der Waals surface area contributed by atoms with Crippen LogP contribution >= 0.6 is 0 Å². The van der Waals surface area contributed by atoms with E-state index in [1.807, 2.05) is 0 Å².